The number of hydrogen-bond donors (Lipinski definition) is 2. The van der Waals surface area contributed by atoms with Crippen molar-refractivity contribution in [3.8, 4) is 0 Å². The molecule has 2 aliphatic rings. The van der Waals surface area contributed by atoms with Crippen LogP contribution in [0.3, 0.4) is 0 Å². The molecule has 1 amide bonds. The van der Waals surface area contributed by atoms with E-state index in [0.717, 1.165) is 81.3 Å². The van der Waals surface area contributed by atoms with Crippen molar-refractivity contribution in [2.75, 3.05) is 38.5 Å². The molecule has 0 spiro atoms. The van der Waals surface area contributed by atoms with Crippen LogP contribution >= 0.6 is 0 Å². The van der Waals surface area contributed by atoms with Gasteiger partial charge < -0.3 is 20.1 Å². The molecule has 1 saturated carbocycles. The second kappa shape index (κ2) is 11.1. The van der Waals surface area contributed by atoms with Crippen molar-refractivity contribution < 1.29 is 9.32 Å². The molecule has 172 valence electrons. The van der Waals surface area contributed by atoms with Crippen LogP contribution in [0.1, 0.15) is 43.4 Å². The van der Waals surface area contributed by atoms with Gasteiger partial charge in [0, 0.05) is 64.0 Å². The number of aromatic nitrogens is 1. The van der Waals surface area contributed by atoms with Gasteiger partial charge in [0.25, 0.3) is 0 Å². The van der Waals surface area contributed by atoms with Crippen LogP contribution in [0.15, 0.2) is 46.1 Å². The molecule has 0 unspecified atom stereocenters. The fraction of sp³-hybridized carbons (Fsp3) is 0.542. The zero-order valence-electron chi connectivity index (χ0n) is 18.9. The van der Waals surface area contributed by atoms with Crippen molar-refractivity contribution in [3.63, 3.8) is 0 Å². The van der Waals surface area contributed by atoms with Gasteiger partial charge in [-0.2, -0.15) is 0 Å². The molecule has 2 N–H and O–H groups in total. The number of nitrogens with zero attached hydrogens (tertiary/aromatic N) is 4. The number of guanidine groups is 1. The van der Waals surface area contributed by atoms with Crippen molar-refractivity contribution in [3.05, 3.63) is 47.9 Å². The van der Waals surface area contributed by atoms with Crippen molar-refractivity contribution in [2.24, 2.45) is 10.9 Å². The largest absolute Gasteiger partial charge is 0.364 e. The topological polar surface area (TPSA) is 86.0 Å². The van der Waals surface area contributed by atoms with Crippen LogP contribution in [-0.4, -0.2) is 60.0 Å². The first-order valence-electron chi connectivity index (χ1n) is 11.7. The molecule has 8 heteroatoms. The molecule has 32 heavy (non-hydrogen) atoms. The van der Waals surface area contributed by atoms with Gasteiger partial charge in [0.2, 0.25) is 5.91 Å². The fourth-order valence-corrected chi connectivity index (χ4v) is 4.55. The van der Waals surface area contributed by atoms with Crippen molar-refractivity contribution in [1.29, 1.82) is 0 Å². The number of amides is 1. The summed E-state index contributed by atoms with van der Waals surface area (Å²) in [7, 11) is 1.82. The van der Waals surface area contributed by atoms with Crippen LogP contribution in [0.4, 0.5) is 5.69 Å². The summed E-state index contributed by atoms with van der Waals surface area (Å²) in [5, 5.41) is 10.6. The Morgan fingerprint density at radius 3 is 2.69 bits per heavy atom. The van der Waals surface area contributed by atoms with E-state index >= 15 is 0 Å². The predicted octanol–water partition coefficient (Wildman–Crippen LogP) is 3.09. The zero-order chi connectivity index (χ0) is 22.2. The summed E-state index contributed by atoms with van der Waals surface area (Å²) in [5.74, 6) is 1.23. The van der Waals surface area contributed by atoms with E-state index in [2.05, 4.69) is 42.7 Å². The van der Waals surface area contributed by atoms with E-state index in [4.69, 9.17) is 4.52 Å². The molecule has 4 rings (SSSR count). The van der Waals surface area contributed by atoms with E-state index in [-0.39, 0.29) is 11.8 Å². The molecule has 0 atom stereocenters. The molecule has 1 saturated heterocycles. The zero-order valence-corrected chi connectivity index (χ0v) is 18.9. The van der Waals surface area contributed by atoms with Gasteiger partial charge in [-0.1, -0.05) is 36.6 Å². The Morgan fingerprint density at radius 1 is 1.16 bits per heavy atom. The molecular weight excluding hydrogens is 404 g/mol. The van der Waals surface area contributed by atoms with Crippen LogP contribution < -0.4 is 10.6 Å². The summed E-state index contributed by atoms with van der Waals surface area (Å²) in [6.07, 6.45) is 7.21. The average molecular weight is 439 g/mol. The third kappa shape index (κ3) is 6.09. The Kier molecular flexibility index (Phi) is 7.77. The lowest BCUT2D eigenvalue weighted by atomic mass is 9.88. The molecule has 1 aromatic heterocycles. The lowest BCUT2D eigenvalue weighted by Gasteiger charge is -2.36. The van der Waals surface area contributed by atoms with Gasteiger partial charge >= 0.3 is 0 Å². The van der Waals surface area contributed by atoms with Gasteiger partial charge in [-0.05, 0) is 30.5 Å². The van der Waals surface area contributed by atoms with Crippen molar-refractivity contribution in [1.82, 2.24) is 20.3 Å². The minimum absolute atomic E-state index is 0.160. The minimum atomic E-state index is 0.160. The van der Waals surface area contributed by atoms with Gasteiger partial charge in [-0.15, -0.1) is 0 Å². The molecule has 1 aliphatic carbocycles. The third-order valence-electron chi connectivity index (χ3n) is 6.38. The van der Waals surface area contributed by atoms with Crippen molar-refractivity contribution >= 4 is 17.6 Å². The van der Waals surface area contributed by atoms with Gasteiger partial charge in [-0.25, -0.2) is 0 Å². The highest BCUT2D eigenvalue weighted by atomic mass is 16.5. The Morgan fingerprint density at radius 2 is 1.97 bits per heavy atom. The van der Waals surface area contributed by atoms with Crippen LogP contribution in [0.2, 0.25) is 0 Å². The smallest absolute Gasteiger partial charge is 0.227 e. The Labute approximate surface area is 190 Å². The summed E-state index contributed by atoms with van der Waals surface area (Å²) in [4.78, 5) is 21.7. The van der Waals surface area contributed by atoms with E-state index in [1.807, 2.05) is 25.2 Å². The number of aliphatic imine (C=N–C) groups is 1. The van der Waals surface area contributed by atoms with E-state index in [0.29, 0.717) is 6.54 Å². The molecule has 0 bridgehead atoms. The predicted molar refractivity (Wildman–Crippen MR) is 125 cm³/mol. The first kappa shape index (κ1) is 22.3. The minimum Gasteiger partial charge on any atom is -0.364 e. The summed E-state index contributed by atoms with van der Waals surface area (Å²) in [6, 6.07) is 10.0. The van der Waals surface area contributed by atoms with Gasteiger partial charge in [0.1, 0.15) is 6.26 Å². The van der Waals surface area contributed by atoms with Crippen LogP contribution in [0, 0.1) is 5.92 Å². The maximum atomic E-state index is 12.6. The number of anilines is 1. The Hall–Kier alpha value is -2.87. The standard InChI is InChI=1S/C24H34N6O2/c1-25-24(30-13-11-29(12-14-30)18-22-10-15-32-28-22)26-17-19-6-5-9-21(16-19)27-23(31)20-7-3-2-4-8-20/h5-6,9-10,15-16,20H,2-4,7-8,11-14,17-18H2,1H3,(H,25,26)(H,27,31). The first-order valence-corrected chi connectivity index (χ1v) is 11.7. The second-order valence-corrected chi connectivity index (χ2v) is 8.68. The number of carbonyl (C=O) groups excluding carboxylic acids is 1. The Balaban J connectivity index is 1.25. The average Bonchev–Trinajstić information content (AvgIpc) is 3.34. The monoisotopic (exact) mass is 438 g/mol. The summed E-state index contributed by atoms with van der Waals surface area (Å²) >= 11 is 0. The molecule has 1 aliphatic heterocycles. The van der Waals surface area contributed by atoms with Crippen LogP contribution in [0.25, 0.3) is 0 Å². The maximum Gasteiger partial charge on any atom is 0.227 e. The highest BCUT2D eigenvalue weighted by Crippen LogP contribution is 2.25. The third-order valence-corrected chi connectivity index (χ3v) is 6.38. The lowest BCUT2D eigenvalue weighted by molar-refractivity contribution is -0.120. The second-order valence-electron chi connectivity index (χ2n) is 8.68. The molecule has 1 aromatic carbocycles. The fourth-order valence-electron chi connectivity index (χ4n) is 4.55. The highest BCUT2D eigenvalue weighted by Gasteiger charge is 2.22. The molecular formula is C24H34N6O2. The number of rotatable bonds is 6. The number of piperazine rings is 1. The van der Waals surface area contributed by atoms with E-state index in [9.17, 15) is 4.79 Å². The van der Waals surface area contributed by atoms with E-state index in [1.165, 1.54) is 6.42 Å². The number of carbonyl (C=O) groups is 1. The molecule has 8 nitrogen and oxygen atoms in total. The van der Waals surface area contributed by atoms with E-state index in [1.54, 1.807) is 6.26 Å². The van der Waals surface area contributed by atoms with Gasteiger partial charge in [0.05, 0.1) is 5.69 Å². The molecule has 0 radical (unpaired) electrons. The maximum absolute atomic E-state index is 12.6. The van der Waals surface area contributed by atoms with Crippen LogP contribution in [0.5, 0.6) is 0 Å². The first-order chi connectivity index (χ1) is 15.7. The molecule has 2 aromatic rings. The SMILES string of the molecule is CN=C(NCc1cccc(NC(=O)C2CCCCC2)c1)N1CCN(Cc2ccon2)CC1. The molecule has 2 fully saturated rings. The Bertz CT molecular complexity index is 884. The van der Waals surface area contributed by atoms with Gasteiger partial charge in [0.15, 0.2) is 5.96 Å². The summed E-state index contributed by atoms with van der Waals surface area (Å²) < 4.78 is 4.93. The normalized spacial score (nSPS) is 18.5. The number of hydrogen-bond acceptors (Lipinski definition) is 5. The van der Waals surface area contributed by atoms with Crippen LogP contribution in [-0.2, 0) is 17.9 Å². The summed E-state index contributed by atoms with van der Waals surface area (Å²) in [5.41, 5.74) is 2.96. The number of nitrogens with one attached hydrogen (secondary N) is 2. The van der Waals surface area contributed by atoms with Gasteiger partial charge in [-0.3, -0.25) is 14.7 Å². The quantitative estimate of drug-likeness (QED) is 0.533. The lowest BCUT2D eigenvalue weighted by Crippen LogP contribution is -2.52. The number of benzene rings is 1. The summed E-state index contributed by atoms with van der Waals surface area (Å²) in [6.45, 7) is 5.21. The highest BCUT2D eigenvalue weighted by molar-refractivity contribution is 5.92. The van der Waals surface area contributed by atoms with E-state index < -0.39 is 0 Å². The molecule has 2 heterocycles. The van der Waals surface area contributed by atoms with Crippen molar-refractivity contribution in [2.45, 2.75) is 45.2 Å².